The van der Waals surface area contributed by atoms with Crippen molar-refractivity contribution in [1.29, 1.82) is 0 Å². The Morgan fingerprint density at radius 3 is 2.09 bits per heavy atom. The van der Waals surface area contributed by atoms with Gasteiger partial charge in [-0.2, -0.15) is 8.78 Å². The first kappa shape index (κ1) is 22.4. The van der Waals surface area contributed by atoms with Gasteiger partial charge in [-0.15, -0.1) is 12.1 Å². The largest absolute Gasteiger partial charge is 0.402 e. The van der Waals surface area contributed by atoms with Crippen LogP contribution in [-0.4, -0.2) is 12.9 Å². The number of halogens is 2. The molecule has 5 heteroatoms. The molecule has 0 spiro atoms. The summed E-state index contributed by atoms with van der Waals surface area (Å²) in [6.07, 6.45) is 4.88. The lowest BCUT2D eigenvalue weighted by atomic mass is 9.53. The monoisotopic (exact) mass is 343 g/mol. The highest BCUT2D eigenvalue weighted by molar-refractivity contribution is 7.18. The molecule has 0 aromatic heterocycles. The van der Waals surface area contributed by atoms with Gasteiger partial charge in [0.15, 0.2) is 7.28 Å². The molecule has 0 aromatic rings. The average Bonchev–Trinajstić information content (AvgIpc) is 2.34. The van der Waals surface area contributed by atoms with E-state index in [4.69, 9.17) is 5.73 Å². The van der Waals surface area contributed by atoms with E-state index < -0.39 is 5.66 Å². The first-order chi connectivity index (χ1) is 10.2. The van der Waals surface area contributed by atoms with Crippen LogP contribution in [-0.2, 0) is 0 Å². The lowest BCUT2D eigenvalue weighted by Gasteiger charge is -2.39. The summed E-state index contributed by atoms with van der Waals surface area (Å²) in [6.45, 7) is 17.0. The quantitative estimate of drug-likeness (QED) is 0.353. The summed E-state index contributed by atoms with van der Waals surface area (Å²) in [6, 6.07) is 0. The van der Waals surface area contributed by atoms with Crippen molar-refractivity contribution in [3.63, 3.8) is 0 Å². The smallest absolute Gasteiger partial charge is 0.280 e. The molecule has 0 saturated heterocycles. The van der Waals surface area contributed by atoms with Crippen molar-refractivity contribution in [2.24, 2.45) is 16.6 Å². The van der Waals surface area contributed by atoms with Crippen molar-refractivity contribution in [2.45, 2.75) is 66.4 Å². The lowest BCUT2D eigenvalue weighted by Crippen LogP contribution is -2.30. The minimum atomic E-state index is -2.88. The predicted octanol–water partition coefficient (Wildman–Crippen LogP) is 5.46. The molecule has 0 fully saturated rings. The van der Waals surface area contributed by atoms with Crippen LogP contribution in [0.2, 0.25) is 6.32 Å². The summed E-state index contributed by atoms with van der Waals surface area (Å²) < 4.78 is 26.5. The minimum Gasteiger partial charge on any atom is -0.402 e. The van der Waals surface area contributed by atoms with Crippen molar-refractivity contribution in [3.8, 4) is 0 Å². The van der Waals surface area contributed by atoms with Crippen LogP contribution in [0.1, 0.15) is 54.4 Å². The number of nitrogens with two attached hydrogens (primary N) is 1. The first-order valence-corrected chi connectivity index (χ1v) is 8.77. The molecule has 1 unspecified atom stereocenters. The fourth-order valence-corrected chi connectivity index (χ4v) is 2.27. The molecule has 0 aliphatic heterocycles. The van der Waals surface area contributed by atoms with Gasteiger partial charge in [0.05, 0.1) is 0 Å². The predicted molar refractivity (Wildman–Crippen MR) is 104 cm³/mol. The zero-order valence-corrected chi connectivity index (χ0v) is 16.8. The molecule has 0 aliphatic rings. The normalized spacial score (nSPS) is 14.8. The van der Waals surface area contributed by atoms with Crippen LogP contribution >= 0.6 is 9.24 Å². The molecule has 0 amide bonds. The zero-order valence-electron chi connectivity index (χ0n) is 15.6. The van der Waals surface area contributed by atoms with Crippen molar-refractivity contribution < 1.29 is 8.78 Å². The fraction of sp³-hybridized carbons (Fsp3) is 0.667. The highest BCUT2D eigenvalue weighted by atomic mass is 31.0. The van der Waals surface area contributed by atoms with Gasteiger partial charge in [-0.3, -0.25) is 0 Å². The van der Waals surface area contributed by atoms with E-state index in [1.165, 1.54) is 6.08 Å². The summed E-state index contributed by atoms with van der Waals surface area (Å²) >= 11 is 0. The second-order valence-corrected chi connectivity index (χ2v) is 8.70. The molecule has 0 bridgehead atoms. The Hall–Kier alpha value is -0.625. The Balaban J connectivity index is 4.69. The molecule has 0 saturated carbocycles. The highest BCUT2D eigenvalue weighted by Crippen LogP contribution is 2.41. The van der Waals surface area contributed by atoms with Crippen LogP contribution in [0.4, 0.5) is 8.78 Å². The maximum Gasteiger partial charge on any atom is 0.280 e. The van der Waals surface area contributed by atoms with Crippen LogP contribution < -0.4 is 5.73 Å². The van der Waals surface area contributed by atoms with Crippen molar-refractivity contribution in [3.05, 3.63) is 35.5 Å². The SMILES string of the molecule is C=C(BCC(C)(C)C(C)(C)C)C/C(N)=C\C=C(/CC)C(F)(F)P. The molecule has 23 heavy (non-hydrogen) atoms. The summed E-state index contributed by atoms with van der Waals surface area (Å²) in [5, 5.41) is 0. The van der Waals surface area contributed by atoms with Crippen molar-refractivity contribution in [1.82, 2.24) is 0 Å². The molecule has 0 aromatic carbocycles. The van der Waals surface area contributed by atoms with E-state index in [0.29, 0.717) is 18.5 Å². The Morgan fingerprint density at radius 1 is 1.17 bits per heavy atom. The Bertz CT molecular complexity index is 468. The second kappa shape index (κ2) is 8.47. The first-order valence-electron chi connectivity index (χ1n) is 8.19. The van der Waals surface area contributed by atoms with E-state index in [1.54, 1.807) is 22.2 Å². The topological polar surface area (TPSA) is 26.0 Å². The van der Waals surface area contributed by atoms with Crippen LogP contribution in [0.25, 0.3) is 0 Å². The minimum absolute atomic E-state index is 0.0601. The van der Waals surface area contributed by atoms with Crippen molar-refractivity contribution >= 4 is 16.5 Å². The highest BCUT2D eigenvalue weighted by Gasteiger charge is 2.32. The van der Waals surface area contributed by atoms with E-state index in [1.807, 2.05) is 0 Å². The molecule has 0 aliphatic carbocycles. The van der Waals surface area contributed by atoms with E-state index in [2.05, 4.69) is 41.2 Å². The molecule has 0 heterocycles. The molecular weight excluding hydrogens is 310 g/mol. The van der Waals surface area contributed by atoms with Crippen molar-refractivity contribution in [2.75, 3.05) is 0 Å². The van der Waals surface area contributed by atoms with Crippen LogP contribution in [0.5, 0.6) is 0 Å². The Morgan fingerprint density at radius 2 is 1.70 bits per heavy atom. The Labute approximate surface area is 144 Å². The van der Waals surface area contributed by atoms with Gasteiger partial charge in [-0.1, -0.05) is 63.2 Å². The van der Waals surface area contributed by atoms with Gasteiger partial charge in [-0.05, 0) is 29.7 Å². The molecule has 0 radical (unpaired) electrons. The lowest BCUT2D eigenvalue weighted by molar-refractivity contribution is 0.143. The number of allylic oxidation sites excluding steroid dienone is 4. The van der Waals surface area contributed by atoms with Crippen LogP contribution in [0, 0.1) is 10.8 Å². The maximum atomic E-state index is 13.3. The van der Waals surface area contributed by atoms with Gasteiger partial charge < -0.3 is 5.73 Å². The fourth-order valence-electron chi connectivity index (χ4n) is 1.97. The van der Waals surface area contributed by atoms with E-state index >= 15 is 0 Å². The van der Waals surface area contributed by atoms with Gasteiger partial charge in [0.2, 0.25) is 0 Å². The third-order valence-corrected chi connectivity index (χ3v) is 5.27. The molecule has 1 nitrogen and oxygen atoms in total. The number of rotatable bonds is 8. The van der Waals surface area contributed by atoms with Gasteiger partial charge in [0.25, 0.3) is 5.66 Å². The number of alkyl halides is 2. The number of hydrogen-bond donors (Lipinski definition) is 1. The van der Waals surface area contributed by atoms with Gasteiger partial charge in [-0.25, -0.2) is 0 Å². The number of hydrogen-bond acceptors (Lipinski definition) is 1. The molecule has 1 atom stereocenters. The summed E-state index contributed by atoms with van der Waals surface area (Å²) in [4.78, 5) is 0. The summed E-state index contributed by atoms with van der Waals surface area (Å²) in [5.41, 5.74) is 5.17. The molecule has 2 N–H and O–H groups in total. The third kappa shape index (κ3) is 8.15. The van der Waals surface area contributed by atoms with E-state index in [9.17, 15) is 8.78 Å². The Kier molecular flexibility index (Phi) is 8.24. The van der Waals surface area contributed by atoms with Gasteiger partial charge in [0, 0.05) is 11.3 Å². The summed E-state index contributed by atoms with van der Waals surface area (Å²) in [7, 11) is 2.46. The standard InChI is InChI=1S/C18H33BF2NP/c1-8-14(18(20,21)23)9-10-15(22)11-13(2)19-12-17(6,7)16(3,4)5/h9-10,19H,2,8,11-12,22-23H2,1,3-7H3/b14-9+,15-10+. The zero-order chi connectivity index (χ0) is 18.5. The second-order valence-electron chi connectivity index (χ2n) is 7.97. The van der Waals surface area contributed by atoms with Crippen LogP contribution in [0.3, 0.4) is 0 Å². The average molecular weight is 343 g/mol. The third-order valence-electron chi connectivity index (χ3n) is 4.90. The molecule has 132 valence electrons. The van der Waals surface area contributed by atoms with E-state index in [0.717, 1.165) is 19.1 Å². The molecule has 0 rings (SSSR count). The van der Waals surface area contributed by atoms with Gasteiger partial charge in [0.1, 0.15) is 0 Å². The van der Waals surface area contributed by atoms with E-state index in [-0.39, 0.29) is 16.4 Å². The van der Waals surface area contributed by atoms with Crippen LogP contribution in [0.15, 0.2) is 35.5 Å². The maximum absolute atomic E-state index is 13.3. The summed E-state index contributed by atoms with van der Waals surface area (Å²) in [5.74, 6) is 0. The van der Waals surface area contributed by atoms with Gasteiger partial charge >= 0.3 is 0 Å². The molecular formula is C18H33BF2NP.